The second kappa shape index (κ2) is 10.7. The number of nitrogens with zero attached hydrogens (tertiary/aromatic N) is 1. The van der Waals surface area contributed by atoms with E-state index in [0.29, 0.717) is 24.0 Å². The summed E-state index contributed by atoms with van der Waals surface area (Å²) < 4.78 is 11.8. The third-order valence-corrected chi connectivity index (χ3v) is 9.30. The molecule has 0 radical (unpaired) electrons. The molecule has 2 aliphatic carbocycles. The molecule has 4 rings (SSSR count). The summed E-state index contributed by atoms with van der Waals surface area (Å²) in [5.74, 6) is -1.88. The molecule has 7 heteroatoms. The molecule has 1 atom stereocenters. The Kier molecular flexibility index (Phi) is 8.00. The Balaban J connectivity index is 1.95. The highest BCUT2D eigenvalue weighted by molar-refractivity contribution is 6.84. The zero-order valence-electron chi connectivity index (χ0n) is 25.8. The van der Waals surface area contributed by atoms with Crippen molar-refractivity contribution >= 4 is 37.3 Å². The molecule has 0 aliphatic heterocycles. The molecule has 41 heavy (non-hydrogen) atoms. The first-order valence-corrected chi connectivity index (χ1v) is 17.8. The number of para-hydroxylation sites is 2. The van der Waals surface area contributed by atoms with Crippen molar-refractivity contribution in [1.29, 1.82) is 0 Å². The molecule has 6 nitrogen and oxygen atoms in total. The molecule has 1 unspecified atom stereocenters. The van der Waals surface area contributed by atoms with Crippen LogP contribution in [0, 0.1) is 11.3 Å². The molecule has 1 saturated carbocycles. The number of benzene rings is 2. The second-order valence-electron chi connectivity index (χ2n) is 14.1. The summed E-state index contributed by atoms with van der Waals surface area (Å²) in [6, 6.07) is 19.1. The van der Waals surface area contributed by atoms with Crippen LogP contribution in [0.4, 0.5) is 11.4 Å². The van der Waals surface area contributed by atoms with E-state index in [1.807, 2.05) is 108 Å². The molecule has 0 N–H and O–H groups in total. The van der Waals surface area contributed by atoms with Gasteiger partial charge in [-0.05, 0) is 83.8 Å². The first-order chi connectivity index (χ1) is 18.9. The predicted molar refractivity (Wildman–Crippen MR) is 165 cm³/mol. The van der Waals surface area contributed by atoms with Crippen molar-refractivity contribution in [3.8, 4) is 0 Å². The fourth-order valence-electron chi connectivity index (χ4n) is 5.45. The van der Waals surface area contributed by atoms with Gasteiger partial charge in [0.25, 0.3) is 0 Å². The van der Waals surface area contributed by atoms with Gasteiger partial charge in [0.05, 0.1) is 25.1 Å². The van der Waals surface area contributed by atoms with Crippen LogP contribution in [-0.2, 0) is 23.9 Å². The monoisotopic (exact) mass is 573 g/mol. The fourth-order valence-corrected chi connectivity index (χ4v) is 7.09. The number of hydrogen-bond acceptors (Lipinski definition) is 5. The van der Waals surface area contributed by atoms with Crippen LogP contribution in [0.5, 0.6) is 0 Å². The van der Waals surface area contributed by atoms with Crippen molar-refractivity contribution in [3.05, 3.63) is 83.1 Å². The lowest BCUT2D eigenvalue weighted by molar-refractivity contribution is -0.154. The van der Waals surface area contributed by atoms with Gasteiger partial charge in [0.15, 0.2) is 0 Å². The largest absolute Gasteiger partial charge is 0.457 e. The van der Waals surface area contributed by atoms with Gasteiger partial charge in [-0.1, -0.05) is 62.1 Å². The maximum absolute atomic E-state index is 14.8. The van der Waals surface area contributed by atoms with E-state index in [1.54, 1.807) is 4.90 Å². The fraction of sp³-hybridized carbons (Fsp3) is 0.441. The topological polar surface area (TPSA) is 72.9 Å². The highest BCUT2D eigenvalue weighted by Crippen LogP contribution is 2.63. The zero-order chi connectivity index (χ0) is 30.4. The molecule has 0 saturated heterocycles. The first kappa shape index (κ1) is 30.5. The number of rotatable bonds is 6. The minimum absolute atomic E-state index is 0.139. The smallest absolute Gasteiger partial charge is 0.339 e. The van der Waals surface area contributed by atoms with Crippen molar-refractivity contribution in [2.45, 2.75) is 85.2 Å². The minimum atomic E-state index is -2.30. The Morgan fingerprint density at radius 1 is 0.756 bits per heavy atom. The molecule has 1 amide bonds. The van der Waals surface area contributed by atoms with Crippen LogP contribution in [0.1, 0.15) is 54.4 Å². The molecule has 218 valence electrons. The van der Waals surface area contributed by atoms with Crippen LogP contribution in [0.3, 0.4) is 0 Å². The molecule has 1 fully saturated rings. The lowest BCUT2D eigenvalue weighted by Gasteiger charge is -2.39. The average molecular weight is 574 g/mol. The number of anilines is 2. The number of esters is 2. The summed E-state index contributed by atoms with van der Waals surface area (Å²) in [4.78, 5) is 44.5. The summed E-state index contributed by atoms with van der Waals surface area (Å²) >= 11 is 0. The molecule has 0 aromatic heterocycles. The third kappa shape index (κ3) is 6.56. The number of hydrogen-bond donors (Lipinski definition) is 0. The van der Waals surface area contributed by atoms with E-state index >= 15 is 0 Å². The van der Waals surface area contributed by atoms with Gasteiger partial charge in [0, 0.05) is 16.8 Å². The first-order valence-electron chi connectivity index (χ1n) is 14.3. The van der Waals surface area contributed by atoms with E-state index in [2.05, 4.69) is 19.6 Å². The van der Waals surface area contributed by atoms with E-state index in [4.69, 9.17) is 9.47 Å². The van der Waals surface area contributed by atoms with Crippen LogP contribution in [0.2, 0.25) is 19.6 Å². The van der Waals surface area contributed by atoms with Gasteiger partial charge in [-0.3, -0.25) is 9.69 Å². The van der Waals surface area contributed by atoms with Crippen molar-refractivity contribution < 1.29 is 23.9 Å². The molecule has 2 aromatic rings. The van der Waals surface area contributed by atoms with Gasteiger partial charge in [-0.25, -0.2) is 9.59 Å². The van der Waals surface area contributed by atoms with Gasteiger partial charge < -0.3 is 9.47 Å². The molecule has 0 heterocycles. The molecule has 2 aliphatic rings. The maximum atomic E-state index is 14.8. The molecule has 1 spiro atoms. The van der Waals surface area contributed by atoms with Gasteiger partial charge in [0.2, 0.25) is 5.91 Å². The molecule has 2 aromatic carbocycles. The number of amides is 1. The van der Waals surface area contributed by atoms with Crippen LogP contribution < -0.4 is 4.90 Å². The minimum Gasteiger partial charge on any atom is -0.457 e. The van der Waals surface area contributed by atoms with Gasteiger partial charge >= 0.3 is 11.9 Å². The summed E-state index contributed by atoms with van der Waals surface area (Å²) in [5, 5.41) is 0.754. The summed E-state index contributed by atoms with van der Waals surface area (Å²) in [7, 11) is -2.30. The lowest BCUT2D eigenvalue weighted by atomic mass is 9.74. The maximum Gasteiger partial charge on any atom is 0.339 e. The van der Waals surface area contributed by atoms with Crippen LogP contribution in [0.25, 0.3) is 0 Å². The van der Waals surface area contributed by atoms with E-state index in [9.17, 15) is 14.4 Å². The van der Waals surface area contributed by atoms with E-state index < -0.39 is 42.5 Å². The highest BCUT2D eigenvalue weighted by Gasteiger charge is 2.62. The van der Waals surface area contributed by atoms with Crippen LogP contribution in [0.15, 0.2) is 83.1 Å². The Labute approximate surface area is 245 Å². The summed E-state index contributed by atoms with van der Waals surface area (Å²) in [5.41, 5.74) is -0.321. The van der Waals surface area contributed by atoms with Crippen molar-refractivity contribution in [2.75, 3.05) is 4.90 Å². The normalized spacial score (nSPS) is 18.5. The standard InChI is InChI=1S/C34H43NO5Si/c1-32(2,3)39-30(37)27-26(41(7,8)9)22-25(34(20-21-34)28(27)31(38)40-33(4,5)6)29(36)35(23-16-12-10-13-17-23)24-18-14-11-15-19-24/h10-19,22,25H,20-21H2,1-9H3. The molecular weight excluding hydrogens is 530 g/mol. The van der Waals surface area contributed by atoms with Crippen molar-refractivity contribution in [1.82, 2.24) is 0 Å². The third-order valence-electron chi connectivity index (χ3n) is 7.26. The van der Waals surface area contributed by atoms with Gasteiger partial charge in [0.1, 0.15) is 11.2 Å². The van der Waals surface area contributed by atoms with E-state index in [-0.39, 0.29) is 5.91 Å². The number of carbonyl (C=O) groups is 3. The number of ether oxygens (including phenoxy) is 2. The van der Waals surface area contributed by atoms with Gasteiger partial charge in [-0.15, -0.1) is 0 Å². The van der Waals surface area contributed by atoms with Crippen LogP contribution >= 0.6 is 0 Å². The summed E-state index contributed by atoms with van der Waals surface area (Å²) in [6.45, 7) is 17.2. The average Bonchev–Trinajstić information content (AvgIpc) is 3.62. The quantitative estimate of drug-likeness (QED) is 0.264. The summed E-state index contributed by atoms with van der Waals surface area (Å²) in [6.07, 6.45) is 3.17. The Morgan fingerprint density at radius 2 is 1.20 bits per heavy atom. The predicted octanol–water partition coefficient (Wildman–Crippen LogP) is 7.55. The SMILES string of the molecule is CC(C)(C)OC(=O)C1=C(C(=O)OC(C)(C)C)C2(CC2)C(C(=O)N(c2ccccc2)c2ccccc2)C=C1[Si](C)(C)C. The second-order valence-corrected chi connectivity index (χ2v) is 19.1. The highest BCUT2D eigenvalue weighted by atomic mass is 28.3. The zero-order valence-corrected chi connectivity index (χ0v) is 26.8. The van der Waals surface area contributed by atoms with E-state index in [1.165, 1.54) is 0 Å². The molecule has 0 bridgehead atoms. The van der Waals surface area contributed by atoms with Crippen LogP contribution in [-0.4, -0.2) is 37.1 Å². The Bertz CT molecular complexity index is 1350. The Morgan fingerprint density at radius 3 is 1.59 bits per heavy atom. The molecular formula is C34H43NO5Si. The van der Waals surface area contributed by atoms with Crippen molar-refractivity contribution in [2.24, 2.45) is 11.3 Å². The van der Waals surface area contributed by atoms with Gasteiger partial charge in [-0.2, -0.15) is 0 Å². The lowest BCUT2D eigenvalue weighted by Crippen LogP contribution is -2.45. The van der Waals surface area contributed by atoms with Crippen molar-refractivity contribution in [3.63, 3.8) is 0 Å². The Hall–Kier alpha value is -3.45. The number of carbonyl (C=O) groups excluding carboxylic acids is 3. The van der Waals surface area contributed by atoms with E-state index in [0.717, 1.165) is 16.6 Å².